The highest BCUT2D eigenvalue weighted by molar-refractivity contribution is 7.99. The van der Waals surface area contributed by atoms with Gasteiger partial charge in [0.25, 0.3) is 0 Å². The lowest BCUT2D eigenvalue weighted by Crippen LogP contribution is -2.03. The normalized spacial score (nSPS) is 11.3. The Morgan fingerprint density at radius 2 is 2.33 bits per heavy atom. The molecule has 21 heavy (non-hydrogen) atoms. The van der Waals surface area contributed by atoms with Crippen LogP contribution in [0.1, 0.15) is 13.3 Å². The monoisotopic (exact) mass is 306 g/mol. The van der Waals surface area contributed by atoms with Gasteiger partial charge in [-0.2, -0.15) is 0 Å². The van der Waals surface area contributed by atoms with E-state index >= 15 is 0 Å². The first-order chi connectivity index (χ1) is 10.2. The maximum atomic E-state index is 10.8. The van der Waals surface area contributed by atoms with Crippen LogP contribution in [0.3, 0.4) is 0 Å². The zero-order valence-corrected chi connectivity index (χ0v) is 12.9. The summed E-state index contributed by atoms with van der Waals surface area (Å²) in [6.45, 7) is 2.74. The summed E-state index contributed by atoms with van der Waals surface area (Å²) in [5, 5.41) is 9.57. The van der Waals surface area contributed by atoms with E-state index in [1.54, 1.807) is 7.11 Å². The number of hydrogen-bond acceptors (Lipinski definition) is 4. The number of carbonyl (C=O) groups is 1. The molecule has 0 saturated carbocycles. The zero-order chi connectivity index (χ0) is 15.2. The Kier molecular flexibility index (Phi) is 5.27. The minimum Gasteiger partial charge on any atom is -0.497 e. The molecule has 6 heteroatoms. The quantitative estimate of drug-likeness (QED) is 0.628. The van der Waals surface area contributed by atoms with Crippen molar-refractivity contribution in [2.75, 3.05) is 12.9 Å². The number of thioether (sulfide) groups is 1. The van der Waals surface area contributed by atoms with Gasteiger partial charge in [0.1, 0.15) is 5.75 Å². The number of fused-ring (bicyclic) bond motifs is 1. The number of rotatable bonds is 7. The summed E-state index contributed by atoms with van der Waals surface area (Å²) in [5.74, 6) is -0.0709. The molecule has 0 spiro atoms. The minimum atomic E-state index is -0.843. The number of aliphatic carboxylic acids is 1. The van der Waals surface area contributed by atoms with Crippen molar-refractivity contribution in [2.24, 2.45) is 0 Å². The first-order valence-corrected chi connectivity index (χ1v) is 7.64. The van der Waals surface area contributed by atoms with Gasteiger partial charge in [-0.1, -0.05) is 23.9 Å². The van der Waals surface area contributed by atoms with E-state index in [4.69, 9.17) is 9.84 Å². The second-order valence-electron chi connectivity index (χ2n) is 4.44. The van der Waals surface area contributed by atoms with E-state index in [1.807, 2.05) is 35.8 Å². The number of aromatic nitrogens is 2. The predicted molar refractivity (Wildman–Crippen MR) is 84.1 cm³/mol. The molecule has 0 unspecified atom stereocenters. The number of methoxy groups -OCH3 is 1. The van der Waals surface area contributed by atoms with E-state index in [2.05, 4.69) is 11.1 Å². The Balaban J connectivity index is 2.39. The average molecular weight is 306 g/mol. The molecule has 1 aromatic heterocycles. The molecule has 0 aliphatic carbocycles. The van der Waals surface area contributed by atoms with Crippen LogP contribution >= 0.6 is 11.8 Å². The molecule has 2 aromatic rings. The van der Waals surface area contributed by atoms with Crippen LogP contribution in [0.15, 0.2) is 35.5 Å². The smallest absolute Gasteiger partial charge is 0.313 e. The fourth-order valence-corrected chi connectivity index (χ4v) is 2.79. The molecule has 0 amide bonds. The van der Waals surface area contributed by atoms with Crippen molar-refractivity contribution >= 4 is 28.8 Å². The second kappa shape index (κ2) is 7.17. The topological polar surface area (TPSA) is 64.4 Å². The van der Waals surface area contributed by atoms with Gasteiger partial charge in [-0.3, -0.25) is 4.79 Å². The summed E-state index contributed by atoms with van der Waals surface area (Å²) in [6, 6.07) is 5.69. The van der Waals surface area contributed by atoms with E-state index in [0.717, 1.165) is 34.9 Å². The number of carboxylic acid groups (broad SMARTS) is 1. The molecule has 1 N–H and O–H groups in total. The van der Waals surface area contributed by atoms with Gasteiger partial charge in [0.2, 0.25) is 0 Å². The standard InChI is InChI=1S/C15H18N2O3S/c1-3-4-5-8-17-13-9-11(20-2)6-7-12(13)16-15(17)21-10-14(18)19/h3-4,6-7,9H,5,8,10H2,1-2H3,(H,18,19)/b4-3+. The van der Waals surface area contributed by atoms with Crippen molar-refractivity contribution in [2.45, 2.75) is 25.0 Å². The molecule has 0 saturated heterocycles. The summed E-state index contributed by atoms with van der Waals surface area (Å²) in [7, 11) is 1.63. The van der Waals surface area contributed by atoms with Crippen LogP contribution in [0, 0.1) is 0 Å². The molecular weight excluding hydrogens is 288 g/mol. The number of nitrogens with zero attached hydrogens (tertiary/aromatic N) is 2. The van der Waals surface area contributed by atoms with E-state index in [0.29, 0.717) is 0 Å². The van der Waals surface area contributed by atoms with Crippen LogP contribution in [0.25, 0.3) is 11.0 Å². The lowest BCUT2D eigenvalue weighted by Gasteiger charge is -2.07. The number of imidazole rings is 1. The van der Waals surface area contributed by atoms with Crippen LogP contribution in [0.2, 0.25) is 0 Å². The number of allylic oxidation sites excluding steroid dienone is 2. The zero-order valence-electron chi connectivity index (χ0n) is 12.1. The van der Waals surface area contributed by atoms with Crippen molar-refractivity contribution in [3.8, 4) is 5.75 Å². The largest absolute Gasteiger partial charge is 0.497 e. The molecular formula is C15H18N2O3S. The lowest BCUT2D eigenvalue weighted by atomic mass is 10.3. The summed E-state index contributed by atoms with van der Waals surface area (Å²) >= 11 is 1.24. The molecule has 0 atom stereocenters. The first kappa shape index (κ1) is 15.4. The van der Waals surface area contributed by atoms with Gasteiger partial charge in [0.05, 0.1) is 23.9 Å². The predicted octanol–water partition coefficient (Wildman–Crippen LogP) is 3.19. The van der Waals surface area contributed by atoms with Gasteiger partial charge in [-0.15, -0.1) is 0 Å². The van der Waals surface area contributed by atoms with Gasteiger partial charge in [-0.25, -0.2) is 4.98 Å². The van der Waals surface area contributed by atoms with Crippen molar-refractivity contribution in [3.05, 3.63) is 30.4 Å². The van der Waals surface area contributed by atoms with Gasteiger partial charge in [0, 0.05) is 12.6 Å². The Labute approximate surface area is 127 Å². The Morgan fingerprint density at radius 3 is 3.00 bits per heavy atom. The number of carboxylic acids is 1. The molecule has 0 fully saturated rings. The third-order valence-electron chi connectivity index (χ3n) is 3.00. The molecule has 0 aliphatic heterocycles. The molecule has 5 nitrogen and oxygen atoms in total. The molecule has 0 radical (unpaired) electrons. The van der Waals surface area contributed by atoms with Gasteiger partial charge >= 0.3 is 5.97 Å². The number of benzene rings is 1. The summed E-state index contributed by atoms with van der Waals surface area (Å²) in [6.07, 6.45) is 4.96. The summed E-state index contributed by atoms with van der Waals surface area (Å²) in [5.41, 5.74) is 1.82. The van der Waals surface area contributed by atoms with E-state index in [-0.39, 0.29) is 5.75 Å². The first-order valence-electron chi connectivity index (χ1n) is 6.65. The Morgan fingerprint density at radius 1 is 1.52 bits per heavy atom. The van der Waals surface area contributed by atoms with Crippen LogP contribution in [-0.2, 0) is 11.3 Å². The number of ether oxygens (including phenoxy) is 1. The number of hydrogen-bond donors (Lipinski definition) is 1. The number of aryl methyl sites for hydroxylation is 1. The molecule has 112 valence electrons. The molecule has 2 rings (SSSR count). The van der Waals surface area contributed by atoms with Crippen LogP contribution in [0.5, 0.6) is 5.75 Å². The highest BCUT2D eigenvalue weighted by Gasteiger charge is 2.13. The van der Waals surface area contributed by atoms with Crippen LogP contribution < -0.4 is 4.74 Å². The SMILES string of the molecule is C/C=C/CCn1c(SCC(=O)O)nc2ccc(OC)cc21. The summed E-state index contributed by atoms with van der Waals surface area (Å²) in [4.78, 5) is 15.3. The van der Waals surface area contributed by atoms with Crippen molar-refractivity contribution in [1.82, 2.24) is 9.55 Å². The highest BCUT2D eigenvalue weighted by Crippen LogP contribution is 2.27. The van der Waals surface area contributed by atoms with E-state index in [9.17, 15) is 4.79 Å². The third kappa shape index (κ3) is 3.78. The summed E-state index contributed by atoms with van der Waals surface area (Å²) < 4.78 is 7.30. The third-order valence-corrected chi connectivity index (χ3v) is 3.96. The highest BCUT2D eigenvalue weighted by atomic mass is 32.2. The minimum absolute atomic E-state index is 0.00404. The van der Waals surface area contributed by atoms with E-state index < -0.39 is 5.97 Å². The van der Waals surface area contributed by atoms with Crippen LogP contribution in [0.4, 0.5) is 0 Å². The molecule has 0 aliphatic rings. The van der Waals surface area contributed by atoms with Gasteiger partial charge in [0.15, 0.2) is 5.16 Å². The second-order valence-corrected chi connectivity index (χ2v) is 5.38. The maximum absolute atomic E-state index is 10.8. The van der Waals surface area contributed by atoms with Crippen molar-refractivity contribution in [3.63, 3.8) is 0 Å². The average Bonchev–Trinajstić information content (AvgIpc) is 2.82. The van der Waals surface area contributed by atoms with Gasteiger partial charge < -0.3 is 14.4 Å². The fraction of sp³-hybridized carbons (Fsp3) is 0.333. The van der Waals surface area contributed by atoms with Crippen molar-refractivity contribution in [1.29, 1.82) is 0 Å². The van der Waals surface area contributed by atoms with E-state index in [1.165, 1.54) is 11.8 Å². The maximum Gasteiger partial charge on any atom is 0.313 e. The Bertz CT molecular complexity index is 664. The Hall–Kier alpha value is -1.95. The van der Waals surface area contributed by atoms with Crippen LogP contribution in [-0.4, -0.2) is 33.5 Å². The molecule has 1 heterocycles. The lowest BCUT2D eigenvalue weighted by molar-refractivity contribution is -0.133. The fourth-order valence-electron chi connectivity index (χ4n) is 2.03. The van der Waals surface area contributed by atoms with Gasteiger partial charge in [-0.05, 0) is 25.5 Å². The van der Waals surface area contributed by atoms with Crippen molar-refractivity contribution < 1.29 is 14.6 Å². The molecule has 0 bridgehead atoms. The molecule has 1 aromatic carbocycles.